The van der Waals surface area contributed by atoms with Crippen LogP contribution in [0.5, 0.6) is 0 Å². The molecule has 0 fully saturated rings. The Balaban J connectivity index is 1.28. The predicted molar refractivity (Wildman–Crippen MR) is 214 cm³/mol. The average Bonchev–Trinajstić information content (AvgIpc) is 3.08. The summed E-state index contributed by atoms with van der Waals surface area (Å²) < 4.78 is 4.26. The molecule has 222 valence electrons. The van der Waals surface area contributed by atoms with Crippen LogP contribution >= 0.6 is 63.7 Å². The average molecular weight is 850 g/mol. The monoisotopic (exact) mass is 846 g/mol. The first kappa shape index (κ1) is 31.1. The van der Waals surface area contributed by atoms with E-state index in [4.69, 9.17) is 0 Å². The molecular weight excluding hydrogens is 824 g/mol. The van der Waals surface area contributed by atoms with E-state index in [1.807, 2.05) is 12.1 Å². The second kappa shape index (κ2) is 13.7. The van der Waals surface area contributed by atoms with Crippen LogP contribution in [0.4, 0.5) is 0 Å². The Labute approximate surface area is 303 Å². The molecule has 0 aromatic heterocycles. The summed E-state index contributed by atoms with van der Waals surface area (Å²) in [5.41, 5.74) is 9.52. The maximum Gasteiger partial charge on any atom is 0.0248 e. The van der Waals surface area contributed by atoms with Crippen LogP contribution in [0.15, 0.2) is 151 Å². The first-order chi connectivity index (χ1) is 22.4. The van der Waals surface area contributed by atoms with E-state index in [9.17, 15) is 0 Å². The minimum atomic E-state index is 1.06. The van der Waals surface area contributed by atoms with Gasteiger partial charge in [-0.15, -0.1) is 0 Å². The Morgan fingerprint density at radius 3 is 1.04 bits per heavy atom. The molecule has 0 nitrogen and oxygen atoms in total. The number of fused-ring (bicyclic) bond motifs is 2. The molecule has 0 spiro atoms. The minimum Gasteiger partial charge on any atom is -0.0616 e. The molecule has 0 aliphatic heterocycles. The fourth-order valence-corrected chi connectivity index (χ4v) is 7.44. The summed E-state index contributed by atoms with van der Waals surface area (Å²) in [7, 11) is 0. The van der Waals surface area contributed by atoms with Crippen LogP contribution < -0.4 is 0 Å². The van der Waals surface area contributed by atoms with Crippen molar-refractivity contribution in [2.45, 2.75) is 0 Å². The Kier molecular flexibility index (Phi) is 9.24. The van der Waals surface area contributed by atoms with Crippen LogP contribution in [0.1, 0.15) is 22.3 Å². The van der Waals surface area contributed by atoms with E-state index in [0.29, 0.717) is 0 Å². The third-order valence-corrected chi connectivity index (χ3v) is 10.6. The summed E-state index contributed by atoms with van der Waals surface area (Å²) in [6.07, 6.45) is 8.60. The lowest BCUT2D eigenvalue weighted by molar-refractivity contribution is 1.56. The van der Waals surface area contributed by atoms with Gasteiger partial charge in [0, 0.05) is 17.9 Å². The van der Waals surface area contributed by atoms with Gasteiger partial charge in [0.25, 0.3) is 0 Å². The molecule has 0 aliphatic carbocycles. The highest BCUT2D eigenvalue weighted by Crippen LogP contribution is 2.43. The molecule has 0 atom stereocenters. The van der Waals surface area contributed by atoms with Gasteiger partial charge in [-0.3, -0.25) is 0 Å². The minimum absolute atomic E-state index is 1.06. The SMILES string of the molecule is Brc1ccc(Br)c(/C=C/c2ccc(-c3c4ccccc4c(-c4ccc(/C=C/c5cc(Br)ccc5Br)cc4)c4ccccc34)cc2)c1. The summed E-state index contributed by atoms with van der Waals surface area (Å²) in [6, 6.07) is 47.8. The molecule has 7 aromatic carbocycles. The molecule has 0 saturated carbocycles. The second-order valence-electron chi connectivity index (χ2n) is 11.1. The van der Waals surface area contributed by atoms with Crippen molar-refractivity contribution >= 4 is 110 Å². The number of benzene rings is 7. The van der Waals surface area contributed by atoms with Crippen molar-refractivity contribution < 1.29 is 0 Å². The first-order valence-corrected chi connectivity index (χ1v) is 18.0. The van der Waals surface area contributed by atoms with E-state index in [1.54, 1.807) is 0 Å². The van der Waals surface area contributed by atoms with Gasteiger partial charge in [-0.05, 0) is 102 Å². The number of hydrogen-bond acceptors (Lipinski definition) is 0. The van der Waals surface area contributed by atoms with E-state index < -0.39 is 0 Å². The Morgan fingerprint density at radius 2 is 0.696 bits per heavy atom. The molecule has 0 aliphatic rings. The fraction of sp³-hybridized carbons (Fsp3) is 0. The highest BCUT2D eigenvalue weighted by atomic mass is 79.9. The van der Waals surface area contributed by atoms with Gasteiger partial charge in [0.1, 0.15) is 0 Å². The van der Waals surface area contributed by atoms with Gasteiger partial charge < -0.3 is 0 Å². The van der Waals surface area contributed by atoms with Gasteiger partial charge in [0.15, 0.2) is 0 Å². The van der Waals surface area contributed by atoms with Gasteiger partial charge in [0.2, 0.25) is 0 Å². The molecule has 0 radical (unpaired) electrons. The zero-order chi connectivity index (χ0) is 31.6. The number of halogens is 4. The fourth-order valence-electron chi connectivity index (χ4n) is 5.93. The molecule has 0 saturated heterocycles. The van der Waals surface area contributed by atoms with Crippen molar-refractivity contribution in [2.75, 3.05) is 0 Å². The quantitative estimate of drug-likeness (QED) is 0.116. The topological polar surface area (TPSA) is 0 Å². The highest BCUT2D eigenvalue weighted by Gasteiger charge is 2.16. The molecule has 4 heteroatoms. The highest BCUT2D eigenvalue weighted by molar-refractivity contribution is 9.11. The summed E-state index contributed by atoms with van der Waals surface area (Å²) in [5, 5.41) is 5.00. The van der Waals surface area contributed by atoms with Crippen LogP contribution in [0.2, 0.25) is 0 Å². The number of hydrogen-bond donors (Lipinski definition) is 0. The second-order valence-corrected chi connectivity index (χ2v) is 14.6. The maximum absolute atomic E-state index is 3.66. The van der Waals surface area contributed by atoms with E-state index in [2.05, 4.69) is 209 Å². The van der Waals surface area contributed by atoms with Crippen LogP contribution in [-0.4, -0.2) is 0 Å². The van der Waals surface area contributed by atoms with E-state index in [-0.39, 0.29) is 0 Å². The summed E-state index contributed by atoms with van der Waals surface area (Å²) in [6.45, 7) is 0. The van der Waals surface area contributed by atoms with Crippen molar-refractivity contribution in [3.05, 3.63) is 174 Å². The zero-order valence-electron chi connectivity index (χ0n) is 24.5. The lowest BCUT2D eigenvalue weighted by atomic mass is 9.85. The normalized spacial score (nSPS) is 11.7. The van der Waals surface area contributed by atoms with Crippen molar-refractivity contribution in [2.24, 2.45) is 0 Å². The zero-order valence-corrected chi connectivity index (χ0v) is 30.9. The standard InChI is InChI=1S/C42H26Br4/c43-33-21-23-39(45)31(25-33)19-13-27-9-15-29(16-10-27)41-35-5-1-2-6-36(35)42(38-8-4-3-7-37(38)41)30-17-11-28(12-18-30)14-20-32-26-34(44)22-24-40(32)46/h1-26H/b19-13+,20-14+. The summed E-state index contributed by atoms with van der Waals surface area (Å²) in [4.78, 5) is 0. The molecule has 7 rings (SSSR count). The van der Waals surface area contributed by atoms with Gasteiger partial charge in [-0.2, -0.15) is 0 Å². The maximum atomic E-state index is 3.66. The molecule has 0 unspecified atom stereocenters. The van der Waals surface area contributed by atoms with Gasteiger partial charge >= 0.3 is 0 Å². The van der Waals surface area contributed by atoms with Crippen molar-refractivity contribution in [1.29, 1.82) is 0 Å². The summed E-state index contributed by atoms with van der Waals surface area (Å²) in [5.74, 6) is 0. The molecule has 7 aromatic rings. The molecule has 0 N–H and O–H groups in total. The Bertz CT molecular complexity index is 2060. The van der Waals surface area contributed by atoms with Gasteiger partial charge in [-0.1, -0.05) is 185 Å². The van der Waals surface area contributed by atoms with Crippen LogP contribution in [0.25, 0.3) is 68.1 Å². The lowest BCUT2D eigenvalue weighted by Gasteiger charge is -2.18. The Morgan fingerprint density at radius 1 is 0.348 bits per heavy atom. The number of rotatable bonds is 6. The smallest absolute Gasteiger partial charge is 0.0248 e. The van der Waals surface area contributed by atoms with Crippen molar-refractivity contribution in [1.82, 2.24) is 0 Å². The van der Waals surface area contributed by atoms with Crippen LogP contribution in [0.3, 0.4) is 0 Å². The van der Waals surface area contributed by atoms with E-state index in [0.717, 1.165) is 40.1 Å². The van der Waals surface area contributed by atoms with Crippen LogP contribution in [0, 0.1) is 0 Å². The predicted octanol–water partition coefficient (Wildman–Crippen LogP) is 14.7. The van der Waals surface area contributed by atoms with E-state index >= 15 is 0 Å². The third kappa shape index (κ3) is 6.50. The van der Waals surface area contributed by atoms with Gasteiger partial charge in [-0.25, -0.2) is 0 Å². The summed E-state index contributed by atoms with van der Waals surface area (Å²) >= 11 is 14.5. The molecule has 0 bridgehead atoms. The first-order valence-electron chi connectivity index (χ1n) is 14.9. The molecule has 0 amide bonds. The van der Waals surface area contributed by atoms with Crippen molar-refractivity contribution in [3.63, 3.8) is 0 Å². The molecule has 46 heavy (non-hydrogen) atoms. The van der Waals surface area contributed by atoms with Gasteiger partial charge in [0.05, 0.1) is 0 Å². The molecular formula is C42H26Br4. The Hall–Kier alpha value is -3.54. The molecule has 0 heterocycles. The lowest BCUT2D eigenvalue weighted by Crippen LogP contribution is -1.91. The third-order valence-electron chi connectivity index (χ3n) is 8.16. The largest absolute Gasteiger partial charge is 0.0616 e. The van der Waals surface area contributed by atoms with E-state index in [1.165, 1.54) is 43.8 Å². The van der Waals surface area contributed by atoms with Crippen molar-refractivity contribution in [3.8, 4) is 22.3 Å². The van der Waals surface area contributed by atoms with Crippen LogP contribution in [-0.2, 0) is 0 Å².